The van der Waals surface area contributed by atoms with Gasteiger partial charge in [0.15, 0.2) is 0 Å². The van der Waals surface area contributed by atoms with Gasteiger partial charge >= 0.3 is 6.03 Å². The van der Waals surface area contributed by atoms with E-state index in [2.05, 4.69) is 10.3 Å². The van der Waals surface area contributed by atoms with Crippen molar-refractivity contribution in [1.29, 1.82) is 0 Å². The molecule has 2 aromatic rings. The summed E-state index contributed by atoms with van der Waals surface area (Å²) in [7, 11) is 0. The number of rotatable bonds is 2. The first-order valence-electron chi connectivity index (χ1n) is 9.84. The number of nitrogens with zero attached hydrogens (tertiary/aromatic N) is 3. The fourth-order valence-corrected chi connectivity index (χ4v) is 3.81. The molecule has 1 saturated heterocycles. The van der Waals surface area contributed by atoms with Crippen molar-refractivity contribution in [1.82, 2.24) is 14.8 Å². The van der Waals surface area contributed by atoms with Crippen LogP contribution < -0.4 is 11.1 Å². The van der Waals surface area contributed by atoms with Crippen LogP contribution in [-0.4, -0.2) is 58.9 Å². The maximum Gasteiger partial charge on any atom is 0.322 e. The SMILES string of the molecule is NC1CCc2ncc(NC(=O)N3CCN(C(=O)c4ccc(F)cc4)CC3)cc2C1. The molecule has 29 heavy (non-hydrogen) atoms. The first-order valence-corrected chi connectivity index (χ1v) is 9.84. The van der Waals surface area contributed by atoms with E-state index in [0.29, 0.717) is 37.4 Å². The lowest BCUT2D eigenvalue weighted by Crippen LogP contribution is -2.51. The Hall–Kier alpha value is -3.00. The van der Waals surface area contributed by atoms with Crippen molar-refractivity contribution in [3.63, 3.8) is 0 Å². The number of aromatic nitrogens is 1. The van der Waals surface area contributed by atoms with Crippen LogP contribution in [0.3, 0.4) is 0 Å². The lowest BCUT2D eigenvalue weighted by Gasteiger charge is -2.34. The normalized spacial score (nSPS) is 18.9. The predicted octanol–water partition coefficient (Wildman–Crippen LogP) is 2.03. The van der Waals surface area contributed by atoms with Crippen LogP contribution in [0.2, 0.25) is 0 Å². The molecule has 0 saturated carbocycles. The molecule has 1 aromatic carbocycles. The van der Waals surface area contributed by atoms with Crippen LogP contribution in [-0.2, 0) is 12.8 Å². The number of aryl methyl sites for hydroxylation is 1. The molecule has 0 spiro atoms. The average molecular weight is 397 g/mol. The number of nitrogens with two attached hydrogens (primary N) is 1. The Labute approximate surface area is 168 Å². The van der Waals surface area contributed by atoms with Crippen molar-refractivity contribution in [2.24, 2.45) is 5.73 Å². The second kappa shape index (κ2) is 8.16. The van der Waals surface area contributed by atoms with Gasteiger partial charge in [-0.3, -0.25) is 9.78 Å². The van der Waals surface area contributed by atoms with E-state index in [0.717, 1.165) is 30.5 Å². The lowest BCUT2D eigenvalue weighted by atomic mass is 9.92. The zero-order valence-electron chi connectivity index (χ0n) is 16.1. The molecule has 1 unspecified atom stereocenters. The average Bonchev–Trinajstić information content (AvgIpc) is 2.73. The van der Waals surface area contributed by atoms with E-state index in [1.165, 1.54) is 24.3 Å². The lowest BCUT2D eigenvalue weighted by molar-refractivity contribution is 0.0671. The highest BCUT2D eigenvalue weighted by Crippen LogP contribution is 2.22. The van der Waals surface area contributed by atoms with Crippen molar-refractivity contribution in [2.75, 3.05) is 31.5 Å². The second-order valence-electron chi connectivity index (χ2n) is 7.55. The van der Waals surface area contributed by atoms with Gasteiger partial charge in [-0.2, -0.15) is 0 Å². The first kappa shape index (κ1) is 19.3. The Balaban J connectivity index is 1.33. The number of hydrogen-bond acceptors (Lipinski definition) is 4. The van der Waals surface area contributed by atoms with Gasteiger partial charge in [0.25, 0.3) is 5.91 Å². The first-order chi connectivity index (χ1) is 14.0. The molecule has 152 valence electrons. The maximum absolute atomic E-state index is 13.0. The van der Waals surface area contributed by atoms with Gasteiger partial charge in [-0.25, -0.2) is 9.18 Å². The molecular weight excluding hydrogens is 373 g/mol. The van der Waals surface area contributed by atoms with Gasteiger partial charge in [0.2, 0.25) is 0 Å². The van der Waals surface area contributed by atoms with Gasteiger partial charge in [0, 0.05) is 43.5 Å². The zero-order valence-corrected chi connectivity index (χ0v) is 16.1. The van der Waals surface area contributed by atoms with E-state index in [4.69, 9.17) is 5.73 Å². The molecule has 2 heterocycles. The van der Waals surface area contributed by atoms with Gasteiger partial charge in [-0.1, -0.05) is 0 Å². The van der Waals surface area contributed by atoms with Crippen LogP contribution in [0.15, 0.2) is 36.5 Å². The number of halogens is 1. The summed E-state index contributed by atoms with van der Waals surface area (Å²) in [6.45, 7) is 1.73. The van der Waals surface area contributed by atoms with Crippen LogP contribution in [0.5, 0.6) is 0 Å². The quantitative estimate of drug-likeness (QED) is 0.811. The number of benzene rings is 1. The Bertz CT molecular complexity index is 910. The number of urea groups is 1. The molecular formula is C21H24FN5O2. The third-order valence-electron chi connectivity index (χ3n) is 5.49. The van der Waals surface area contributed by atoms with E-state index < -0.39 is 0 Å². The highest BCUT2D eigenvalue weighted by atomic mass is 19.1. The van der Waals surface area contributed by atoms with Crippen molar-refractivity contribution in [2.45, 2.75) is 25.3 Å². The standard InChI is InChI=1S/C21H24FN5O2/c22-16-3-1-14(2-4-16)20(28)26-7-9-27(10-8-26)21(29)25-18-12-15-11-17(23)5-6-19(15)24-13-18/h1-4,12-13,17H,5-11,23H2,(H,25,29). The molecule has 7 nitrogen and oxygen atoms in total. The summed E-state index contributed by atoms with van der Waals surface area (Å²) in [6, 6.07) is 7.39. The summed E-state index contributed by atoms with van der Waals surface area (Å²) < 4.78 is 13.0. The van der Waals surface area contributed by atoms with Crippen LogP contribution in [0.4, 0.5) is 14.9 Å². The number of fused-ring (bicyclic) bond motifs is 1. The van der Waals surface area contributed by atoms with Gasteiger partial charge in [-0.05, 0) is 55.2 Å². The fourth-order valence-electron chi connectivity index (χ4n) is 3.81. The molecule has 2 aliphatic rings. The number of carbonyl (C=O) groups is 2. The third kappa shape index (κ3) is 4.37. The number of amides is 3. The maximum atomic E-state index is 13.0. The van der Waals surface area contributed by atoms with Crippen molar-refractivity contribution in [3.05, 3.63) is 59.2 Å². The van der Waals surface area contributed by atoms with Crippen LogP contribution in [0.25, 0.3) is 0 Å². The monoisotopic (exact) mass is 397 g/mol. The molecule has 8 heteroatoms. The van der Waals surface area contributed by atoms with Crippen LogP contribution >= 0.6 is 0 Å². The molecule has 0 bridgehead atoms. The van der Waals surface area contributed by atoms with E-state index in [9.17, 15) is 14.0 Å². The van der Waals surface area contributed by atoms with E-state index in [-0.39, 0.29) is 23.8 Å². The molecule has 1 aliphatic carbocycles. The summed E-state index contributed by atoms with van der Waals surface area (Å²) in [4.78, 5) is 32.9. The molecule has 3 N–H and O–H groups in total. The summed E-state index contributed by atoms with van der Waals surface area (Å²) in [5.74, 6) is -0.526. The molecule has 1 aliphatic heterocycles. The van der Waals surface area contributed by atoms with Crippen LogP contribution in [0, 0.1) is 5.82 Å². The number of nitrogens with one attached hydrogen (secondary N) is 1. The Morgan fingerprint density at radius 3 is 2.52 bits per heavy atom. The van der Waals surface area contributed by atoms with Gasteiger partial charge in [0.1, 0.15) is 5.82 Å². The Morgan fingerprint density at radius 2 is 1.79 bits per heavy atom. The van der Waals surface area contributed by atoms with Gasteiger partial charge in [0.05, 0.1) is 11.9 Å². The fraction of sp³-hybridized carbons (Fsp3) is 0.381. The van der Waals surface area contributed by atoms with Crippen molar-refractivity contribution in [3.8, 4) is 0 Å². The Kier molecular flexibility index (Phi) is 5.44. The van der Waals surface area contributed by atoms with E-state index in [1.54, 1.807) is 16.0 Å². The largest absolute Gasteiger partial charge is 0.335 e. The topological polar surface area (TPSA) is 91.6 Å². The Morgan fingerprint density at radius 1 is 1.10 bits per heavy atom. The predicted molar refractivity (Wildman–Crippen MR) is 107 cm³/mol. The molecule has 4 rings (SSSR count). The molecule has 3 amide bonds. The summed E-state index contributed by atoms with van der Waals surface area (Å²) in [5.41, 5.74) is 9.28. The number of anilines is 1. The highest BCUT2D eigenvalue weighted by molar-refractivity contribution is 5.94. The second-order valence-corrected chi connectivity index (χ2v) is 7.55. The summed E-state index contributed by atoms with van der Waals surface area (Å²) in [6.07, 6.45) is 4.26. The van der Waals surface area contributed by atoms with Crippen LogP contribution in [0.1, 0.15) is 28.0 Å². The minimum atomic E-state index is -0.373. The molecule has 1 fully saturated rings. The van der Waals surface area contributed by atoms with Crippen molar-refractivity contribution >= 4 is 17.6 Å². The molecule has 1 atom stereocenters. The molecule has 1 aromatic heterocycles. The smallest absolute Gasteiger partial charge is 0.322 e. The number of piperazine rings is 1. The number of pyridine rings is 1. The van der Waals surface area contributed by atoms with E-state index in [1.807, 2.05) is 6.07 Å². The summed E-state index contributed by atoms with van der Waals surface area (Å²) >= 11 is 0. The highest BCUT2D eigenvalue weighted by Gasteiger charge is 2.25. The third-order valence-corrected chi connectivity index (χ3v) is 5.49. The summed E-state index contributed by atoms with van der Waals surface area (Å²) in [5, 5.41) is 2.90. The zero-order chi connectivity index (χ0) is 20.4. The van der Waals surface area contributed by atoms with Gasteiger partial charge < -0.3 is 20.9 Å². The molecule has 0 radical (unpaired) electrons. The van der Waals surface area contributed by atoms with E-state index >= 15 is 0 Å². The number of carbonyl (C=O) groups excluding carboxylic acids is 2. The van der Waals surface area contributed by atoms with Gasteiger partial charge in [-0.15, -0.1) is 0 Å². The minimum absolute atomic E-state index is 0.141. The minimum Gasteiger partial charge on any atom is -0.335 e. The number of hydrogen-bond donors (Lipinski definition) is 2. The van der Waals surface area contributed by atoms with Crippen molar-refractivity contribution < 1.29 is 14.0 Å².